The van der Waals surface area contributed by atoms with E-state index in [1.807, 2.05) is 4.90 Å². The van der Waals surface area contributed by atoms with Gasteiger partial charge in [-0.15, -0.1) is 0 Å². The predicted molar refractivity (Wildman–Crippen MR) is 47.6 cm³/mol. The lowest BCUT2D eigenvalue weighted by atomic mass is 10.1. The van der Waals surface area contributed by atoms with E-state index < -0.39 is 0 Å². The third kappa shape index (κ3) is 2.45. The zero-order valence-electron chi connectivity index (χ0n) is 6.42. The van der Waals surface area contributed by atoms with Crippen molar-refractivity contribution < 1.29 is 4.79 Å². The number of rotatable bonds is 1. The van der Waals surface area contributed by atoms with Crippen LogP contribution in [0, 0.1) is 0 Å². The molecular formula is C7H13BrN2O. The molecule has 64 valence electrons. The number of likely N-dealkylation sites (tertiary alicyclic amines) is 1. The van der Waals surface area contributed by atoms with Crippen molar-refractivity contribution in [1.29, 1.82) is 0 Å². The maximum absolute atomic E-state index is 11.1. The molecule has 0 saturated carbocycles. The van der Waals surface area contributed by atoms with E-state index in [0.717, 1.165) is 25.9 Å². The number of piperidine rings is 1. The second-order valence-electron chi connectivity index (χ2n) is 2.78. The van der Waals surface area contributed by atoms with Crippen molar-refractivity contribution in [2.24, 2.45) is 5.73 Å². The predicted octanol–water partition coefficient (Wildman–Crippen LogP) is 0.331. The molecule has 0 unspecified atom stereocenters. The highest BCUT2D eigenvalue weighted by Crippen LogP contribution is 2.16. The molecule has 0 aromatic rings. The van der Waals surface area contributed by atoms with Gasteiger partial charge in [0, 0.05) is 17.9 Å². The first-order chi connectivity index (χ1) is 5.24. The van der Waals surface area contributed by atoms with Gasteiger partial charge in [-0.25, -0.2) is 0 Å². The third-order valence-electron chi connectivity index (χ3n) is 1.89. The molecule has 2 N–H and O–H groups in total. The van der Waals surface area contributed by atoms with Crippen LogP contribution in [0.2, 0.25) is 0 Å². The third-order valence-corrected chi connectivity index (χ3v) is 2.64. The van der Waals surface area contributed by atoms with Gasteiger partial charge in [0.15, 0.2) is 0 Å². The van der Waals surface area contributed by atoms with Gasteiger partial charge in [0.1, 0.15) is 0 Å². The van der Waals surface area contributed by atoms with E-state index in [0.29, 0.717) is 4.83 Å². The smallest absolute Gasteiger partial charge is 0.236 e. The summed E-state index contributed by atoms with van der Waals surface area (Å²) < 4.78 is 0. The minimum absolute atomic E-state index is 0.0640. The van der Waals surface area contributed by atoms with Crippen molar-refractivity contribution in [3.63, 3.8) is 0 Å². The summed E-state index contributed by atoms with van der Waals surface area (Å²) in [6.45, 7) is 1.83. The maximum Gasteiger partial charge on any atom is 0.236 e. The lowest BCUT2D eigenvalue weighted by Crippen LogP contribution is -2.43. The maximum atomic E-state index is 11.1. The Morgan fingerprint density at radius 2 is 2.45 bits per heavy atom. The van der Waals surface area contributed by atoms with Crippen LogP contribution in [0.5, 0.6) is 0 Å². The highest BCUT2D eigenvalue weighted by Gasteiger charge is 2.20. The summed E-state index contributed by atoms with van der Waals surface area (Å²) in [5.74, 6) is 0.0640. The molecule has 0 spiro atoms. The number of alkyl halides is 1. The molecule has 1 aliphatic rings. The molecule has 3 nitrogen and oxygen atoms in total. The largest absolute Gasteiger partial charge is 0.340 e. The van der Waals surface area contributed by atoms with Gasteiger partial charge in [0.05, 0.1) is 6.54 Å². The summed E-state index contributed by atoms with van der Waals surface area (Å²) in [5.41, 5.74) is 5.24. The van der Waals surface area contributed by atoms with Crippen LogP contribution in [0.25, 0.3) is 0 Å². The Hall–Kier alpha value is -0.0900. The fraction of sp³-hybridized carbons (Fsp3) is 0.857. The molecule has 0 radical (unpaired) electrons. The Balaban J connectivity index is 2.39. The summed E-state index contributed by atoms with van der Waals surface area (Å²) >= 11 is 3.49. The number of hydrogen-bond acceptors (Lipinski definition) is 2. The van der Waals surface area contributed by atoms with E-state index in [1.54, 1.807) is 0 Å². The highest BCUT2D eigenvalue weighted by atomic mass is 79.9. The van der Waals surface area contributed by atoms with Crippen molar-refractivity contribution in [3.8, 4) is 0 Å². The minimum atomic E-state index is 0.0640. The number of nitrogens with two attached hydrogens (primary N) is 1. The fourth-order valence-electron chi connectivity index (χ4n) is 1.28. The van der Waals surface area contributed by atoms with Crippen molar-refractivity contribution in [1.82, 2.24) is 4.90 Å². The first-order valence-electron chi connectivity index (χ1n) is 3.86. The van der Waals surface area contributed by atoms with Gasteiger partial charge in [-0.1, -0.05) is 15.9 Å². The zero-order valence-corrected chi connectivity index (χ0v) is 8.01. The van der Waals surface area contributed by atoms with Crippen molar-refractivity contribution >= 4 is 21.8 Å². The number of amides is 1. The monoisotopic (exact) mass is 220 g/mol. The van der Waals surface area contributed by atoms with Gasteiger partial charge in [-0.3, -0.25) is 4.79 Å². The van der Waals surface area contributed by atoms with E-state index in [1.165, 1.54) is 0 Å². The Kier molecular flexibility index (Phi) is 3.33. The standard InChI is InChI=1S/C7H13BrN2O/c8-6-2-1-3-10(5-6)7(11)4-9/h6H,1-5,9H2/t6-/m1/s1. The van der Waals surface area contributed by atoms with Crippen LogP contribution in [-0.4, -0.2) is 35.3 Å². The second kappa shape index (κ2) is 4.07. The first kappa shape index (κ1) is 9.00. The number of halogens is 1. The lowest BCUT2D eigenvalue weighted by Gasteiger charge is -2.29. The Labute approximate surface area is 75.1 Å². The van der Waals surface area contributed by atoms with Crippen LogP contribution >= 0.6 is 15.9 Å². The molecule has 0 aliphatic carbocycles. The number of carbonyl (C=O) groups is 1. The van der Waals surface area contributed by atoms with Crippen LogP contribution < -0.4 is 5.73 Å². The first-order valence-corrected chi connectivity index (χ1v) is 4.77. The zero-order chi connectivity index (χ0) is 8.27. The average Bonchev–Trinajstić information content (AvgIpc) is 2.03. The molecule has 0 bridgehead atoms. The molecule has 4 heteroatoms. The van der Waals surface area contributed by atoms with Crippen LogP contribution in [0.1, 0.15) is 12.8 Å². The molecule has 1 fully saturated rings. The molecule has 1 saturated heterocycles. The van der Waals surface area contributed by atoms with Gasteiger partial charge in [-0.2, -0.15) is 0 Å². The van der Waals surface area contributed by atoms with E-state index in [4.69, 9.17) is 5.73 Å². The molecule has 1 atom stereocenters. The normalized spacial score (nSPS) is 25.3. The number of hydrogen-bond donors (Lipinski definition) is 1. The van der Waals surface area contributed by atoms with Crippen LogP contribution in [0.3, 0.4) is 0 Å². The molecule has 0 aromatic carbocycles. The molecule has 1 amide bonds. The van der Waals surface area contributed by atoms with Crippen LogP contribution in [0.4, 0.5) is 0 Å². The summed E-state index contributed by atoms with van der Waals surface area (Å²) in [7, 11) is 0. The van der Waals surface area contributed by atoms with E-state index in [-0.39, 0.29) is 12.5 Å². The number of carbonyl (C=O) groups excluding carboxylic acids is 1. The SMILES string of the molecule is NCC(=O)N1CCC[C@@H](Br)C1. The molecule has 1 aliphatic heterocycles. The quantitative estimate of drug-likeness (QED) is 0.648. The van der Waals surface area contributed by atoms with Crippen LogP contribution in [-0.2, 0) is 4.79 Å². The van der Waals surface area contributed by atoms with Crippen molar-refractivity contribution in [2.45, 2.75) is 17.7 Å². The summed E-state index contributed by atoms with van der Waals surface area (Å²) in [6.07, 6.45) is 2.25. The Morgan fingerprint density at radius 1 is 1.73 bits per heavy atom. The van der Waals surface area contributed by atoms with Gasteiger partial charge in [-0.05, 0) is 12.8 Å². The Bertz CT molecular complexity index is 151. The molecule has 0 aromatic heterocycles. The lowest BCUT2D eigenvalue weighted by molar-refractivity contribution is -0.130. The molecular weight excluding hydrogens is 208 g/mol. The minimum Gasteiger partial charge on any atom is -0.340 e. The Morgan fingerprint density at radius 3 is 3.00 bits per heavy atom. The van der Waals surface area contributed by atoms with Crippen molar-refractivity contribution in [3.05, 3.63) is 0 Å². The summed E-state index contributed by atoms with van der Waals surface area (Å²) in [5, 5.41) is 0. The van der Waals surface area contributed by atoms with Crippen molar-refractivity contribution in [2.75, 3.05) is 19.6 Å². The summed E-state index contributed by atoms with van der Waals surface area (Å²) in [6, 6.07) is 0. The topological polar surface area (TPSA) is 46.3 Å². The van der Waals surface area contributed by atoms with Crippen LogP contribution in [0.15, 0.2) is 0 Å². The number of nitrogens with zero attached hydrogens (tertiary/aromatic N) is 1. The van der Waals surface area contributed by atoms with Gasteiger partial charge in [0.2, 0.25) is 5.91 Å². The van der Waals surface area contributed by atoms with E-state index in [2.05, 4.69) is 15.9 Å². The second-order valence-corrected chi connectivity index (χ2v) is 4.08. The van der Waals surface area contributed by atoms with E-state index in [9.17, 15) is 4.79 Å². The summed E-state index contributed by atoms with van der Waals surface area (Å²) in [4.78, 5) is 13.4. The highest BCUT2D eigenvalue weighted by molar-refractivity contribution is 9.09. The van der Waals surface area contributed by atoms with Gasteiger partial charge < -0.3 is 10.6 Å². The molecule has 1 rings (SSSR count). The van der Waals surface area contributed by atoms with Gasteiger partial charge >= 0.3 is 0 Å². The average molecular weight is 221 g/mol. The van der Waals surface area contributed by atoms with Gasteiger partial charge in [0.25, 0.3) is 0 Å². The van der Waals surface area contributed by atoms with E-state index >= 15 is 0 Å². The fourth-order valence-corrected chi connectivity index (χ4v) is 1.95. The molecule has 11 heavy (non-hydrogen) atoms. The molecule has 1 heterocycles.